The fourth-order valence-corrected chi connectivity index (χ4v) is 5.68. The first kappa shape index (κ1) is 20.5. The molecule has 2 fully saturated rings. The summed E-state index contributed by atoms with van der Waals surface area (Å²) in [5, 5.41) is 0. The molecule has 0 atom stereocenters. The van der Waals surface area contributed by atoms with Gasteiger partial charge in [0.2, 0.25) is 0 Å². The van der Waals surface area contributed by atoms with Gasteiger partial charge in [-0.3, -0.25) is 14.5 Å². The van der Waals surface area contributed by atoms with Gasteiger partial charge >= 0.3 is 0 Å². The average molecular weight is 425 g/mol. The lowest BCUT2D eigenvalue weighted by Gasteiger charge is -2.46. The summed E-state index contributed by atoms with van der Waals surface area (Å²) in [6.07, 6.45) is 8.13. The van der Waals surface area contributed by atoms with E-state index < -0.39 is 0 Å². The maximum atomic E-state index is 13.9. The fourth-order valence-electron chi connectivity index (χ4n) is 5.68. The number of morpholine rings is 1. The number of fused-ring (bicyclic) bond motifs is 2. The molecule has 0 N–H and O–H groups in total. The number of carbonyl (C=O) groups excluding carboxylic acids is 1. The molecule has 2 aromatic heterocycles. The van der Waals surface area contributed by atoms with Crippen LogP contribution in [0.2, 0.25) is 0 Å². The lowest BCUT2D eigenvalue weighted by atomic mass is 9.88. The molecule has 7 heteroatoms. The third-order valence-corrected chi connectivity index (χ3v) is 7.41. The number of rotatable bonds is 4. The van der Waals surface area contributed by atoms with Gasteiger partial charge in [0.25, 0.3) is 11.5 Å². The number of hydrogen-bond donors (Lipinski definition) is 0. The fraction of sp³-hybridized carbons (Fsp3) is 0.583. The summed E-state index contributed by atoms with van der Waals surface area (Å²) in [5.74, 6) is -0.0995. The molecular formula is C24H32N4O3. The molecule has 1 saturated carbocycles. The standard InChI is InChI=1S/C24H32N4O3/c1-19-6-10-27(12-11-25-15-17-31-18-16-25)22(29)21(19)23(30)28-14-13-26-9-4-5-20(26)24(28)7-2-3-8-24/h4-6,9-10H,2-3,7-8,11-18H2,1H3. The molecule has 2 aromatic rings. The van der Waals surface area contributed by atoms with Crippen LogP contribution in [0.15, 0.2) is 35.4 Å². The summed E-state index contributed by atoms with van der Waals surface area (Å²) < 4.78 is 9.41. The predicted molar refractivity (Wildman–Crippen MR) is 118 cm³/mol. The summed E-state index contributed by atoms with van der Waals surface area (Å²) in [5.41, 5.74) is 1.91. The van der Waals surface area contributed by atoms with Crippen molar-refractivity contribution in [3.8, 4) is 0 Å². The van der Waals surface area contributed by atoms with Crippen LogP contribution in [0.5, 0.6) is 0 Å². The van der Waals surface area contributed by atoms with Gasteiger partial charge in [-0.2, -0.15) is 0 Å². The molecule has 0 unspecified atom stereocenters. The Labute approximate surface area is 183 Å². The molecule has 1 aliphatic carbocycles. The monoisotopic (exact) mass is 424 g/mol. The van der Waals surface area contributed by atoms with Crippen molar-refractivity contribution in [2.75, 3.05) is 39.4 Å². The summed E-state index contributed by atoms with van der Waals surface area (Å²) in [6.45, 7) is 7.97. The normalized spacial score (nSPS) is 20.9. The molecule has 3 aliphatic rings. The predicted octanol–water partition coefficient (Wildman–Crippen LogP) is 2.22. The number of ether oxygens (including phenoxy) is 1. The Morgan fingerprint density at radius 3 is 2.58 bits per heavy atom. The summed E-state index contributed by atoms with van der Waals surface area (Å²) >= 11 is 0. The maximum Gasteiger partial charge on any atom is 0.263 e. The second kappa shape index (κ2) is 8.28. The average Bonchev–Trinajstić information content (AvgIpc) is 3.45. The second-order valence-electron chi connectivity index (χ2n) is 9.11. The minimum absolute atomic E-state index is 0.0995. The van der Waals surface area contributed by atoms with E-state index in [2.05, 4.69) is 27.8 Å². The van der Waals surface area contributed by atoms with E-state index in [0.717, 1.165) is 70.6 Å². The third-order valence-electron chi connectivity index (χ3n) is 7.41. The lowest BCUT2D eigenvalue weighted by Crippen LogP contribution is -2.54. The molecule has 0 radical (unpaired) electrons. The van der Waals surface area contributed by atoms with Crippen LogP contribution in [0, 0.1) is 6.92 Å². The smallest absolute Gasteiger partial charge is 0.263 e. The SMILES string of the molecule is Cc1ccn(CCN2CCOCC2)c(=O)c1C(=O)N1CCn2cccc2C12CCCC2. The van der Waals surface area contributed by atoms with Crippen molar-refractivity contribution >= 4 is 5.91 Å². The maximum absolute atomic E-state index is 13.9. The van der Waals surface area contributed by atoms with Gasteiger partial charge in [0, 0.05) is 57.4 Å². The van der Waals surface area contributed by atoms with Crippen molar-refractivity contribution in [1.29, 1.82) is 0 Å². The number of carbonyl (C=O) groups is 1. The van der Waals surface area contributed by atoms with Crippen LogP contribution in [-0.2, 0) is 23.4 Å². The zero-order chi connectivity index (χ0) is 21.4. The highest BCUT2D eigenvalue weighted by molar-refractivity contribution is 5.96. The highest BCUT2D eigenvalue weighted by Crippen LogP contribution is 2.46. The van der Waals surface area contributed by atoms with Gasteiger partial charge in [-0.05, 0) is 43.5 Å². The van der Waals surface area contributed by atoms with Crippen LogP contribution in [0.25, 0.3) is 0 Å². The number of hydrogen-bond acceptors (Lipinski definition) is 4. The van der Waals surface area contributed by atoms with Gasteiger partial charge in [0.15, 0.2) is 0 Å². The van der Waals surface area contributed by atoms with E-state index in [1.807, 2.05) is 24.1 Å². The minimum Gasteiger partial charge on any atom is -0.379 e. The van der Waals surface area contributed by atoms with Gasteiger partial charge in [-0.1, -0.05) is 12.8 Å². The summed E-state index contributed by atoms with van der Waals surface area (Å²) in [7, 11) is 0. The van der Waals surface area contributed by atoms with Crippen LogP contribution in [-0.4, -0.2) is 64.2 Å². The lowest BCUT2D eigenvalue weighted by molar-refractivity contribution is 0.0345. The Balaban J connectivity index is 1.44. The first-order chi connectivity index (χ1) is 15.1. The minimum atomic E-state index is -0.272. The van der Waals surface area contributed by atoms with E-state index in [1.165, 1.54) is 5.69 Å². The molecule has 7 nitrogen and oxygen atoms in total. The van der Waals surface area contributed by atoms with E-state index in [1.54, 1.807) is 4.57 Å². The van der Waals surface area contributed by atoms with Crippen LogP contribution >= 0.6 is 0 Å². The van der Waals surface area contributed by atoms with E-state index >= 15 is 0 Å². The largest absolute Gasteiger partial charge is 0.379 e. The zero-order valence-corrected chi connectivity index (χ0v) is 18.4. The number of aromatic nitrogens is 2. The van der Waals surface area contributed by atoms with Gasteiger partial charge in [-0.25, -0.2) is 0 Å². The highest BCUT2D eigenvalue weighted by atomic mass is 16.5. The highest BCUT2D eigenvalue weighted by Gasteiger charge is 2.47. The molecule has 4 heterocycles. The molecule has 0 bridgehead atoms. The quantitative estimate of drug-likeness (QED) is 0.755. The first-order valence-corrected chi connectivity index (χ1v) is 11.6. The molecule has 1 spiro atoms. The Hall–Kier alpha value is -2.38. The number of pyridine rings is 1. The van der Waals surface area contributed by atoms with Crippen molar-refractivity contribution in [3.63, 3.8) is 0 Å². The summed E-state index contributed by atoms with van der Waals surface area (Å²) in [4.78, 5) is 31.6. The molecule has 1 amide bonds. The molecule has 2 aliphatic heterocycles. The van der Waals surface area contributed by atoms with Crippen LogP contribution in [0.1, 0.15) is 47.3 Å². The topological polar surface area (TPSA) is 59.7 Å². The zero-order valence-electron chi connectivity index (χ0n) is 18.4. The number of nitrogens with zero attached hydrogens (tertiary/aromatic N) is 4. The Morgan fingerprint density at radius 2 is 1.81 bits per heavy atom. The number of amides is 1. The van der Waals surface area contributed by atoms with E-state index in [-0.39, 0.29) is 17.0 Å². The molecule has 5 rings (SSSR count). The van der Waals surface area contributed by atoms with E-state index in [0.29, 0.717) is 18.7 Å². The van der Waals surface area contributed by atoms with Crippen molar-refractivity contribution in [2.45, 2.75) is 51.2 Å². The Kier molecular flexibility index (Phi) is 5.48. The van der Waals surface area contributed by atoms with Crippen molar-refractivity contribution in [3.05, 3.63) is 57.8 Å². The molecule has 31 heavy (non-hydrogen) atoms. The Morgan fingerprint density at radius 1 is 1.03 bits per heavy atom. The van der Waals surface area contributed by atoms with Crippen LogP contribution in [0.4, 0.5) is 0 Å². The van der Waals surface area contributed by atoms with Crippen molar-refractivity contribution in [1.82, 2.24) is 18.9 Å². The number of aryl methyl sites for hydroxylation is 1. The van der Waals surface area contributed by atoms with Gasteiger partial charge in [0.1, 0.15) is 5.56 Å². The molecular weight excluding hydrogens is 392 g/mol. The summed E-state index contributed by atoms with van der Waals surface area (Å²) in [6, 6.07) is 6.15. The molecule has 166 valence electrons. The van der Waals surface area contributed by atoms with Crippen LogP contribution in [0.3, 0.4) is 0 Å². The van der Waals surface area contributed by atoms with E-state index in [9.17, 15) is 9.59 Å². The van der Waals surface area contributed by atoms with Crippen molar-refractivity contribution in [2.24, 2.45) is 0 Å². The molecule has 1 saturated heterocycles. The van der Waals surface area contributed by atoms with E-state index in [4.69, 9.17) is 4.74 Å². The second-order valence-corrected chi connectivity index (χ2v) is 9.11. The van der Waals surface area contributed by atoms with Crippen LogP contribution < -0.4 is 5.56 Å². The first-order valence-electron chi connectivity index (χ1n) is 11.6. The van der Waals surface area contributed by atoms with Gasteiger partial charge in [0.05, 0.1) is 18.8 Å². The van der Waals surface area contributed by atoms with Gasteiger partial charge in [-0.15, -0.1) is 0 Å². The molecule has 0 aromatic carbocycles. The van der Waals surface area contributed by atoms with Gasteiger partial charge < -0.3 is 18.8 Å². The van der Waals surface area contributed by atoms with Crippen molar-refractivity contribution < 1.29 is 9.53 Å². The Bertz CT molecular complexity index is 1010. The third kappa shape index (κ3) is 3.53.